The minimum absolute atomic E-state index is 0.713. The molecule has 0 atom stereocenters. The van der Waals surface area contributed by atoms with Gasteiger partial charge in [-0.3, -0.25) is 0 Å². The molecule has 0 aliphatic carbocycles. The Balaban J connectivity index is 1.68. The molecule has 0 aromatic carbocycles. The molecule has 2 heterocycles. The Morgan fingerprint density at radius 2 is 1.94 bits per heavy atom. The SMILES string of the molecule is Cc1cc(C)nc(NCCNCc2ccsc2)n1. The number of nitrogens with zero attached hydrogens (tertiary/aromatic N) is 2. The molecule has 0 radical (unpaired) electrons. The van der Waals surface area contributed by atoms with Crippen molar-refractivity contribution >= 4 is 17.3 Å². The number of thiophene rings is 1. The van der Waals surface area contributed by atoms with Crippen molar-refractivity contribution in [1.29, 1.82) is 0 Å². The molecule has 0 saturated heterocycles. The number of rotatable bonds is 6. The molecular formula is C13H18N4S. The van der Waals surface area contributed by atoms with Gasteiger partial charge in [0.1, 0.15) is 0 Å². The number of nitrogens with one attached hydrogen (secondary N) is 2. The molecule has 96 valence electrons. The van der Waals surface area contributed by atoms with Crippen LogP contribution < -0.4 is 10.6 Å². The predicted molar refractivity (Wildman–Crippen MR) is 76.0 cm³/mol. The number of hydrogen-bond donors (Lipinski definition) is 2. The molecule has 2 aromatic rings. The van der Waals surface area contributed by atoms with E-state index in [1.807, 2.05) is 19.9 Å². The molecule has 4 nitrogen and oxygen atoms in total. The molecular weight excluding hydrogens is 244 g/mol. The highest BCUT2D eigenvalue weighted by atomic mass is 32.1. The van der Waals surface area contributed by atoms with E-state index in [-0.39, 0.29) is 0 Å². The zero-order valence-electron chi connectivity index (χ0n) is 10.7. The van der Waals surface area contributed by atoms with Crippen LogP contribution in [-0.4, -0.2) is 23.1 Å². The van der Waals surface area contributed by atoms with E-state index in [4.69, 9.17) is 0 Å². The number of aromatic nitrogens is 2. The molecule has 0 fully saturated rings. The van der Waals surface area contributed by atoms with Crippen LogP contribution in [0, 0.1) is 13.8 Å². The third-order valence-corrected chi connectivity index (χ3v) is 3.21. The Labute approximate surface area is 111 Å². The van der Waals surface area contributed by atoms with E-state index in [0.717, 1.165) is 31.0 Å². The van der Waals surface area contributed by atoms with Gasteiger partial charge in [0.15, 0.2) is 0 Å². The van der Waals surface area contributed by atoms with E-state index in [1.165, 1.54) is 5.56 Å². The first-order valence-corrected chi connectivity index (χ1v) is 6.96. The maximum Gasteiger partial charge on any atom is 0.223 e. The summed E-state index contributed by atoms with van der Waals surface area (Å²) in [6.45, 7) is 6.60. The summed E-state index contributed by atoms with van der Waals surface area (Å²) in [4.78, 5) is 8.67. The Hall–Kier alpha value is -1.46. The first-order chi connectivity index (χ1) is 8.74. The summed E-state index contributed by atoms with van der Waals surface area (Å²) < 4.78 is 0. The van der Waals surface area contributed by atoms with Gasteiger partial charge < -0.3 is 10.6 Å². The van der Waals surface area contributed by atoms with Crippen LogP contribution in [0.25, 0.3) is 0 Å². The van der Waals surface area contributed by atoms with Crippen molar-refractivity contribution in [3.63, 3.8) is 0 Å². The highest BCUT2D eigenvalue weighted by molar-refractivity contribution is 7.07. The molecule has 18 heavy (non-hydrogen) atoms. The molecule has 0 aliphatic heterocycles. The first-order valence-electron chi connectivity index (χ1n) is 6.02. The smallest absolute Gasteiger partial charge is 0.223 e. The Bertz CT molecular complexity index is 461. The molecule has 2 N–H and O–H groups in total. The monoisotopic (exact) mass is 262 g/mol. The standard InChI is InChI=1S/C13H18N4S/c1-10-7-11(2)17-13(16-10)15-5-4-14-8-12-3-6-18-9-12/h3,6-7,9,14H,4-5,8H2,1-2H3,(H,15,16,17). The fourth-order valence-corrected chi connectivity index (χ4v) is 2.36. The largest absolute Gasteiger partial charge is 0.353 e. The summed E-state index contributed by atoms with van der Waals surface area (Å²) >= 11 is 1.73. The molecule has 0 unspecified atom stereocenters. The summed E-state index contributed by atoms with van der Waals surface area (Å²) in [5.74, 6) is 0.713. The van der Waals surface area contributed by atoms with Crippen LogP contribution in [0.2, 0.25) is 0 Å². The van der Waals surface area contributed by atoms with Crippen molar-refractivity contribution in [3.05, 3.63) is 39.8 Å². The van der Waals surface area contributed by atoms with Crippen molar-refractivity contribution in [2.75, 3.05) is 18.4 Å². The van der Waals surface area contributed by atoms with Crippen molar-refractivity contribution < 1.29 is 0 Å². The average molecular weight is 262 g/mol. The molecule has 2 aromatic heterocycles. The first kappa shape index (κ1) is 13.0. The van der Waals surface area contributed by atoms with Gasteiger partial charge in [-0.1, -0.05) is 0 Å². The molecule has 0 aliphatic rings. The minimum Gasteiger partial charge on any atom is -0.353 e. The summed E-state index contributed by atoms with van der Waals surface area (Å²) in [5, 5.41) is 10.9. The van der Waals surface area contributed by atoms with Crippen LogP contribution in [0.15, 0.2) is 22.9 Å². The van der Waals surface area contributed by atoms with Crippen LogP contribution in [0.3, 0.4) is 0 Å². The molecule has 0 amide bonds. The Kier molecular flexibility index (Phi) is 4.66. The van der Waals surface area contributed by atoms with E-state index in [9.17, 15) is 0 Å². The third-order valence-electron chi connectivity index (χ3n) is 2.48. The second-order valence-corrected chi connectivity index (χ2v) is 4.99. The normalized spacial score (nSPS) is 10.6. The lowest BCUT2D eigenvalue weighted by Crippen LogP contribution is -2.22. The van der Waals surface area contributed by atoms with Crippen molar-refractivity contribution in [2.45, 2.75) is 20.4 Å². The van der Waals surface area contributed by atoms with E-state index in [2.05, 4.69) is 37.4 Å². The Morgan fingerprint density at radius 3 is 2.61 bits per heavy atom. The molecule has 0 bridgehead atoms. The average Bonchev–Trinajstić information content (AvgIpc) is 2.80. The maximum absolute atomic E-state index is 4.33. The van der Waals surface area contributed by atoms with E-state index in [0.29, 0.717) is 5.95 Å². The van der Waals surface area contributed by atoms with Crippen LogP contribution in [-0.2, 0) is 6.54 Å². The van der Waals surface area contributed by atoms with Gasteiger partial charge in [0.2, 0.25) is 5.95 Å². The van der Waals surface area contributed by atoms with Gasteiger partial charge in [0, 0.05) is 31.0 Å². The molecule has 0 spiro atoms. The second kappa shape index (κ2) is 6.47. The highest BCUT2D eigenvalue weighted by Gasteiger charge is 1.98. The quantitative estimate of drug-likeness (QED) is 0.785. The summed E-state index contributed by atoms with van der Waals surface area (Å²) in [5.41, 5.74) is 3.33. The van der Waals surface area contributed by atoms with Crippen molar-refractivity contribution in [2.24, 2.45) is 0 Å². The maximum atomic E-state index is 4.33. The van der Waals surface area contributed by atoms with Gasteiger partial charge in [-0.25, -0.2) is 9.97 Å². The highest BCUT2D eigenvalue weighted by Crippen LogP contribution is 2.05. The molecule has 0 saturated carbocycles. The lowest BCUT2D eigenvalue weighted by Gasteiger charge is -2.07. The summed E-state index contributed by atoms with van der Waals surface area (Å²) in [7, 11) is 0. The van der Waals surface area contributed by atoms with Crippen LogP contribution in [0.1, 0.15) is 17.0 Å². The van der Waals surface area contributed by atoms with Gasteiger partial charge in [0.05, 0.1) is 0 Å². The Morgan fingerprint density at radius 1 is 1.17 bits per heavy atom. The summed E-state index contributed by atoms with van der Waals surface area (Å²) in [6.07, 6.45) is 0. The van der Waals surface area contributed by atoms with Crippen molar-refractivity contribution in [1.82, 2.24) is 15.3 Å². The van der Waals surface area contributed by atoms with Gasteiger partial charge in [0.25, 0.3) is 0 Å². The van der Waals surface area contributed by atoms with Gasteiger partial charge in [-0.2, -0.15) is 11.3 Å². The van der Waals surface area contributed by atoms with Gasteiger partial charge >= 0.3 is 0 Å². The van der Waals surface area contributed by atoms with E-state index >= 15 is 0 Å². The third kappa shape index (κ3) is 4.09. The number of anilines is 1. The molecule has 5 heteroatoms. The topological polar surface area (TPSA) is 49.8 Å². The molecule has 2 rings (SSSR count). The summed E-state index contributed by atoms with van der Waals surface area (Å²) in [6, 6.07) is 4.11. The fraction of sp³-hybridized carbons (Fsp3) is 0.385. The van der Waals surface area contributed by atoms with Crippen LogP contribution >= 0.6 is 11.3 Å². The van der Waals surface area contributed by atoms with Gasteiger partial charge in [-0.15, -0.1) is 0 Å². The lowest BCUT2D eigenvalue weighted by atomic mass is 10.3. The number of hydrogen-bond acceptors (Lipinski definition) is 5. The lowest BCUT2D eigenvalue weighted by molar-refractivity contribution is 0.706. The predicted octanol–water partition coefficient (Wildman–Crippen LogP) is 2.36. The zero-order chi connectivity index (χ0) is 12.8. The zero-order valence-corrected chi connectivity index (χ0v) is 11.5. The fourth-order valence-electron chi connectivity index (χ4n) is 1.69. The van der Waals surface area contributed by atoms with Crippen LogP contribution in [0.4, 0.5) is 5.95 Å². The number of aryl methyl sites for hydroxylation is 2. The minimum atomic E-state index is 0.713. The second-order valence-electron chi connectivity index (χ2n) is 4.21. The van der Waals surface area contributed by atoms with Gasteiger partial charge in [-0.05, 0) is 42.3 Å². The van der Waals surface area contributed by atoms with Crippen molar-refractivity contribution in [3.8, 4) is 0 Å². The van der Waals surface area contributed by atoms with Crippen LogP contribution in [0.5, 0.6) is 0 Å². The van der Waals surface area contributed by atoms with E-state index < -0.39 is 0 Å². The van der Waals surface area contributed by atoms with E-state index in [1.54, 1.807) is 11.3 Å².